The van der Waals surface area contributed by atoms with Gasteiger partial charge in [0.25, 0.3) is 5.56 Å². The van der Waals surface area contributed by atoms with Crippen molar-refractivity contribution in [2.45, 2.75) is 26.8 Å². The second kappa shape index (κ2) is 6.98. The normalized spacial score (nSPS) is 13.5. The summed E-state index contributed by atoms with van der Waals surface area (Å²) in [6, 6.07) is 8.72. The van der Waals surface area contributed by atoms with Crippen LogP contribution in [-0.4, -0.2) is 31.1 Å². The molecule has 5 rings (SSSR count). The van der Waals surface area contributed by atoms with E-state index in [1.165, 1.54) is 16.8 Å². The molecule has 0 amide bonds. The quantitative estimate of drug-likeness (QED) is 0.480. The van der Waals surface area contributed by atoms with E-state index >= 15 is 0 Å². The lowest BCUT2D eigenvalue weighted by Crippen LogP contribution is -2.33. The summed E-state index contributed by atoms with van der Waals surface area (Å²) < 4.78 is 15.5. The van der Waals surface area contributed by atoms with E-state index in [0.29, 0.717) is 29.0 Å². The molecule has 150 valence electrons. The standard InChI is InChI=1S/C22H19FN6O/c1-13-8-19-26-14(2)9-20(30)29(19)27-22(13)28-7-5-18-16(12-28)10-15(11-25-18)17-4-3-6-24-21(17)23/h3-4,6,8-11H,5,7,12H2,1-2H3. The molecule has 4 aromatic heterocycles. The van der Waals surface area contributed by atoms with Gasteiger partial charge in [0.1, 0.15) is 0 Å². The molecule has 0 bridgehead atoms. The lowest BCUT2D eigenvalue weighted by Gasteiger charge is -2.30. The Morgan fingerprint density at radius 1 is 1.13 bits per heavy atom. The highest BCUT2D eigenvalue weighted by Gasteiger charge is 2.22. The van der Waals surface area contributed by atoms with Crippen molar-refractivity contribution in [3.63, 3.8) is 0 Å². The number of hydrogen-bond donors (Lipinski definition) is 0. The van der Waals surface area contributed by atoms with Crippen molar-refractivity contribution in [3.05, 3.63) is 81.5 Å². The van der Waals surface area contributed by atoms with Crippen molar-refractivity contribution in [2.24, 2.45) is 0 Å². The fourth-order valence-electron chi connectivity index (χ4n) is 3.91. The van der Waals surface area contributed by atoms with Gasteiger partial charge in [-0.3, -0.25) is 9.78 Å². The molecule has 0 fully saturated rings. The Morgan fingerprint density at radius 3 is 2.83 bits per heavy atom. The van der Waals surface area contributed by atoms with Gasteiger partial charge in [-0.1, -0.05) is 0 Å². The van der Waals surface area contributed by atoms with E-state index < -0.39 is 5.95 Å². The molecule has 30 heavy (non-hydrogen) atoms. The van der Waals surface area contributed by atoms with Gasteiger partial charge in [-0.25, -0.2) is 9.97 Å². The molecule has 0 saturated carbocycles. The lowest BCUT2D eigenvalue weighted by molar-refractivity contribution is 0.587. The van der Waals surface area contributed by atoms with Gasteiger partial charge in [0.15, 0.2) is 11.5 Å². The number of anilines is 1. The molecule has 8 heteroatoms. The molecule has 1 aliphatic heterocycles. The van der Waals surface area contributed by atoms with Crippen molar-refractivity contribution >= 4 is 11.5 Å². The predicted molar refractivity (Wildman–Crippen MR) is 111 cm³/mol. The highest BCUT2D eigenvalue weighted by atomic mass is 19.1. The van der Waals surface area contributed by atoms with Gasteiger partial charge in [-0.2, -0.15) is 8.91 Å². The van der Waals surface area contributed by atoms with E-state index in [9.17, 15) is 9.18 Å². The van der Waals surface area contributed by atoms with Crippen LogP contribution in [-0.2, 0) is 13.0 Å². The Balaban J connectivity index is 1.54. The van der Waals surface area contributed by atoms with Crippen molar-refractivity contribution in [1.82, 2.24) is 24.6 Å². The third kappa shape index (κ3) is 3.10. The minimum Gasteiger partial charge on any atom is -0.350 e. The predicted octanol–water partition coefficient (Wildman–Crippen LogP) is 2.87. The first-order valence-electron chi connectivity index (χ1n) is 9.71. The van der Waals surface area contributed by atoms with Crippen LogP contribution in [0.3, 0.4) is 0 Å². The first-order chi connectivity index (χ1) is 14.5. The van der Waals surface area contributed by atoms with Crippen molar-refractivity contribution < 1.29 is 4.39 Å². The van der Waals surface area contributed by atoms with E-state index in [0.717, 1.165) is 35.6 Å². The van der Waals surface area contributed by atoms with E-state index in [1.54, 1.807) is 25.3 Å². The molecule has 0 N–H and O–H groups in total. The Morgan fingerprint density at radius 2 is 2.00 bits per heavy atom. The molecule has 0 saturated heterocycles. The summed E-state index contributed by atoms with van der Waals surface area (Å²) in [5.41, 5.74) is 5.07. The minimum atomic E-state index is -0.513. The second-order valence-corrected chi connectivity index (χ2v) is 7.50. The van der Waals surface area contributed by atoms with Crippen molar-refractivity contribution in [3.8, 4) is 11.1 Å². The summed E-state index contributed by atoms with van der Waals surface area (Å²) >= 11 is 0. The highest BCUT2D eigenvalue weighted by Crippen LogP contribution is 2.28. The van der Waals surface area contributed by atoms with Crippen LogP contribution >= 0.6 is 0 Å². The molecule has 0 radical (unpaired) electrons. The number of aryl methyl sites for hydroxylation is 2. The van der Waals surface area contributed by atoms with Gasteiger partial charge in [0, 0.05) is 60.5 Å². The van der Waals surface area contributed by atoms with Crippen LogP contribution in [0.5, 0.6) is 0 Å². The average molecular weight is 402 g/mol. The third-order valence-electron chi connectivity index (χ3n) is 5.35. The Kier molecular flexibility index (Phi) is 4.27. The first kappa shape index (κ1) is 18.4. The van der Waals surface area contributed by atoms with Crippen LogP contribution in [0.25, 0.3) is 16.8 Å². The zero-order valence-electron chi connectivity index (χ0n) is 16.6. The number of aromatic nitrogens is 5. The topological polar surface area (TPSA) is 76.3 Å². The lowest BCUT2D eigenvalue weighted by atomic mass is 10.0. The van der Waals surface area contributed by atoms with Crippen LogP contribution in [0.2, 0.25) is 0 Å². The second-order valence-electron chi connectivity index (χ2n) is 7.50. The summed E-state index contributed by atoms with van der Waals surface area (Å²) in [4.78, 5) is 27.2. The zero-order valence-corrected chi connectivity index (χ0v) is 16.6. The molecule has 7 nitrogen and oxygen atoms in total. The minimum absolute atomic E-state index is 0.202. The number of nitrogens with zero attached hydrogens (tertiary/aromatic N) is 6. The number of hydrogen-bond acceptors (Lipinski definition) is 6. The van der Waals surface area contributed by atoms with Gasteiger partial charge in [-0.05, 0) is 49.2 Å². The molecule has 0 spiro atoms. The van der Waals surface area contributed by atoms with Gasteiger partial charge >= 0.3 is 0 Å². The fraction of sp³-hybridized carbons (Fsp3) is 0.227. The third-order valence-corrected chi connectivity index (χ3v) is 5.35. The molecule has 0 aromatic carbocycles. The summed E-state index contributed by atoms with van der Waals surface area (Å²) in [6.45, 7) is 5.06. The maximum atomic E-state index is 14.1. The number of fused-ring (bicyclic) bond motifs is 2. The van der Waals surface area contributed by atoms with Gasteiger partial charge in [0.2, 0.25) is 5.95 Å². The number of pyridine rings is 2. The van der Waals surface area contributed by atoms with E-state index in [2.05, 4.69) is 25.0 Å². The Hall–Kier alpha value is -3.68. The van der Waals surface area contributed by atoms with Crippen molar-refractivity contribution in [1.29, 1.82) is 0 Å². The Bertz CT molecular complexity index is 1350. The molecular formula is C22H19FN6O. The van der Waals surface area contributed by atoms with Gasteiger partial charge in [0.05, 0.1) is 0 Å². The van der Waals surface area contributed by atoms with E-state index in [1.807, 2.05) is 19.1 Å². The molecular weight excluding hydrogens is 383 g/mol. The molecule has 4 aromatic rings. The van der Waals surface area contributed by atoms with Gasteiger partial charge < -0.3 is 4.90 Å². The first-order valence-corrected chi connectivity index (χ1v) is 9.71. The summed E-state index contributed by atoms with van der Waals surface area (Å²) in [5, 5.41) is 4.58. The monoisotopic (exact) mass is 402 g/mol. The number of rotatable bonds is 2. The zero-order chi connectivity index (χ0) is 20.8. The van der Waals surface area contributed by atoms with Crippen LogP contribution < -0.4 is 10.5 Å². The van der Waals surface area contributed by atoms with Crippen LogP contribution in [0.15, 0.2) is 47.5 Å². The maximum Gasteiger partial charge on any atom is 0.274 e. The maximum absolute atomic E-state index is 14.1. The summed E-state index contributed by atoms with van der Waals surface area (Å²) in [7, 11) is 0. The molecule has 0 atom stereocenters. The number of halogens is 1. The smallest absolute Gasteiger partial charge is 0.274 e. The highest BCUT2D eigenvalue weighted by molar-refractivity contribution is 5.64. The Labute approximate surface area is 171 Å². The summed E-state index contributed by atoms with van der Waals surface area (Å²) in [6.07, 6.45) is 3.87. The average Bonchev–Trinajstić information content (AvgIpc) is 2.73. The molecule has 0 unspecified atom stereocenters. The SMILES string of the molecule is Cc1cc(=O)n2nc(N3CCc4ncc(-c5cccnc5F)cc4C3)c(C)cc2n1. The van der Waals surface area contributed by atoms with Crippen LogP contribution in [0.4, 0.5) is 10.2 Å². The van der Waals surface area contributed by atoms with E-state index in [-0.39, 0.29) is 5.56 Å². The van der Waals surface area contributed by atoms with Crippen molar-refractivity contribution in [2.75, 3.05) is 11.4 Å². The molecule has 0 aliphatic carbocycles. The molecule has 5 heterocycles. The van der Waals surface area contributed by atoms with Crippen LogP contribution in [0.1, 0.15) is 22.5 Å². The summed E-state index contributed by atoms with van der Waals surface area (Å²) in [5.74, 6) is 0.222. The van der Waals surface area contributed by atoms with E-state index in [4.69, 9.17) is 0 Å². The molecule has 1 aliphatic rings. The van der Waals surface area contributed by atoms with Gasteiger partial charge in [-0.15, -0.1) is 5.10 Å². The largest absolute Gasteiger partial charge is 0.350 e. The van der Waals surface area contributed by atoms with Crippen LogP contribution in [0, 0.1) is 19.8 Å². The fourth-order valence-corrected chi connectivity index (χ4v) is 3.91.